The molecule has 5 rings (SSSR count). The predicted octanol–water partition coefficient (Wildman–Crippen LogP) is 3.86. The number of piperazine rings is 1. The van der Waals surface area contributed by atoms with Crippen LogP contribution < -0.4 is 0 Å². The van der Waals surface area contributed by atoms with E-state index in [0.717, 1.165) is 36.3 Å². The van der Waals surface area contributed by atoms with Crippen molar-refractivity contribution in [2.75, 3.05) is 26.2 Å². The number of ketones is 1. The Morgan fingerprint density at radius 2 is 1.38 bits per heavy atom. The zero-order valence-electron chi connectivity index (χ0n) is 16.2. The Balaban J connectivity index is 1.28. The molecule has 144 valence electrons. The van der Waals surface area contributed by atoms with Crippen molar-refractivity contribution in [2.45, 2.75) is 6.54 Å². The second-order valence-corrected chi connectivity index (χ2v) is 7.69. The first-order chi connectivity index (χ1) is 14.2. The number of hydrogen-bond donors (Lipinski definition) is 0. The molecule has 1 fully saturated rings. The molecule has 1 heterocycles. The largest absolute Gasteiger partial charge is 0.336 e. The zero-order chi connectivity index (χ0) is 19.8. The first kappa shape index (κ1) is 17.8. The van der Waals surface area contributed by atoms with E-state index in [1.54, 1.807) is 6.07 Å². The summed E-state index contributed by atoms with van der Waals surface area (Å²) in [6, 6.07) is 23.6. The maximum atomic E-state index is 13.0. The Kier molecular flexibility index (Phi) is 4.49. The summed E-state index contributed by atoms with van der Waals surface area (Å²) < 4.78 is 0. The molecule has 1 aliphatic carbocycles. The number of rotatable bonds is 3. The maximum Gasteiger partial charge on any atom is 0.253 e. The highest BCUT2D eigenvalue weighted by Crippen LogP contribution is 2.36. The molecule has 0 unspecified atom stereocenters. The number of fused-ring (bicyclic) bond motifs is 3. The highest BCUT2D eigenvalue weighted by molar-refractivity contribution is 6.22. The van der Waals surface area contributed by atoms with E-state index in [1.807, 2.05) is 47.4 Å². The fourth-order valence-electron chi connectivity index (χ4n) is 4.29. The molecule has 0 N–H and O–H groups in total. The van der Waals surface area contributed by atoms with Gasteiger partial charge in [-0.2, -0.15) is 0 Å². The van der Waals surface area contributed by atoms with Crippen LogP contribution in [0.1, 0.15) is 31.8 Å². The molecule has 0 radical (unpaired) electrons. The van der Waals surface area contributed by atoms with E-state index >= 15 is 0 Å². The minimum absolute atomic E-state index is 0.0101. The average Bonchev–Trinajstić information content (AvgIpc) is 3.06. The van der Waals surface area contributed by atoms with Crippen LogP contribution in [0, 0.1) is 0 Å². The predicted molar refractivity (Wildman–Crippen MR) is 113 cm³/mol. The van der Waals surface area contributed by atoms with Crippen molar-refractivity contribution in [3.63, 3.8) is 0 Å². The highest BCUT2D eigenvalue weighted by Gasteiger charge is 2.28. The van der Waals surface area contributed by atoms with Crippen molar-refractivity contribution in [3.8, 4) is 11.1 Å². The summed E-state index contributed by atoms with van der Waals surface area (Å²) in [5.74, 6) is 0.0221. The molecule has 29 heavy (non-hydrogen) atoms. The van der Waals surface area contributed by atoms with E-state index in [4.69, 9.17) is 0 Å². The van der Waals surface area contributed by atoms with Crippen molar-refractivity contribution in [1.29, 1.82) is 0 Å². The van der Waals surface area contributed by atoms with Crippen LogP contribution in [-0.2, 0) is 6.54 Å². The van der Waals surface area contributed by atoms with Crippen LogP contribution >= 0.6 is 0 Å². The van der Waals surface area contributed by atoms with Crippen molar-refractivity contribution in [2.24, 2.45) is 0 Å². The molecular formula is C25H22N2O2. The summed E-state index contributed by atoms with van der Waals surface area (Å²) in [6.45, 7) is 4.04. The van der Waals surface area contributed by atoms with E-state index in [-0.39, 0.29) is 11.7 Å². The van der Waals surface area contributed by atoms with Crippen LogP contribution in [0.2, 0.25) is 0 Å². The summed E-state index contributed by atoms with van der Waals surface area (Å²) in [7, 11) is 0. The van der Waals surface area contributed by atoms with Gasteiger partial charge in [-0.15, -0.1) is 0 Å². The molecule has 0 atom stereocenters. The topological polar surface area (TPSA) is 40.6 Å². The smallest absolute Gasteiger partial charge is 0.253 e. The lowest BCUT2D eigenvalue weighted by molar-refractivity contribution is 0.0628. The third-order valence-corrected chi connectivity index (χ3v) is 5.88. The van der Waals surface area contributed by atoms with E-state index in [1.165, 1.54) is 5.56 Å². The normalized spacial score (nSPS) is 15.9. The molecule has 0 saturated carbocycles. The standard InChI is InChI=1S/C25H22N2O2/c28-24-22-9-5-4-8-20(22)21-11-10-19(16-23(21)24)25(29)27-14-12-26(13-15-27)17-18-6-2-1-3-7-18/h1-11,16H,12-15,17H2. The van der Waals surface area contributed by atoms with Gasteiger partial charge in [0.2, 0.25) is 0 Å². The van der Waals surface area contributed by atoms with Crippen LogP contribution in [0.15, 0.2) is 72.8 Å². The molecular weight excluding hydrogens is 360 g/mol. The Morgan fingerprint density at radius 3 is 2.14 bits per heavy atom. The SMILES string of the molecule is O=C1c2ccccc2-c2ccc(C(=O)N3CCN(Cc4ccccc4)CC3)cc21. The summed E-state index contributed by atoms with van der Waals surface area (Å²) in [6.07, 6.45) is 0. The van der Waals surface area contributed by atoms with E-state index in [0.29, 0.717) is 24.2 Å². The third kappa shape index (κ3) is 3.26. The third-order valence-electron chi connectivity index (χ3n) is 5.88. The minimum atomic E-state index is 0.0101. The second kappa shape index (κ2) is 7.30. The molecule has 3 aromatic rings. The molecule has 2 aliphatic rings. The number of benzene rings is 3. The van der Waals surface area contributed by atoms with E-state index in [2.05, 4.69) is 29.2 Å². The fraction of sp³-hybridized carbons (Fsp3) is 0.200. The van der Waals surface area contributed by atoms with Crippen LogP contribution in [0.3, 0.4) is 0 Å². The van der Waals surface area contributed by atoms with E-state index in [9.17, 15) is 9.59 Å². The number of nitrogens with zero attached hydrogens (tertiary/aromatic N) is 2. The number of carbonyl (C=O) groups excluding carboxylic acids is 2. The number of hydrogen-bond acceptors (Lipinski definition) is 3. The van der Waals surface area contributed by atoms with Crippen molar-refractivity contribution < 1.29 is 9.59 Å². The van der Waals surface area contributed by atoms with Gasteiger partial charge in [0, 0.05) is 49.4 Å². The molecule has 0 spiro atoms. The first-order valence-corrected chi connectivity index (χ1v) is 10.0. The quantitative estimate of drug-likeness (QED) is 0.540. The van der Waals surface area contributed by atoms with Gasteiger partial charge in [0.25, 0.3) is 5.91 Å². The molecule has 1 aliphatic heterocycles. The first-order valence-electron chi connectivity index (χ1n) is 10.0. The molecule has 0 aromatic heterocycles. The van der Waals surface area contributed by atoms with Crippen LogP contribution in [0.4, 0.5) is 0 Å². The second-order valence-electron chi connectivity index (χ2n) is 7.69. The van der Waals surface area contributed by atoms with Crippen LogP contribution in [0.5, 0.6) is 0 Å². The van der Waals surface area contributed by atoms with Gasteiger partial charge in [-0.25, -0.2) is 0 Å². The Bertz CT molecular complexity index is 1080. The van der Waals surface area contributed by atoms with Gasteiger partial charge < -0.3 is 4.90 Å². The molecule has 4 heteroatoms. The number of amides is 1. The molecule has 3 aromatic carbocycles. The molecule has 0 bridgehead atoms. The summed E-state index contributed by atoms with van der Waals surface area (Å²) in [4.78, 5) is 30.0. The van der Waals surface area contributed by atoms with E-state index < -0.39 is 0 Å². The Labute approximate surface area is 170 Å². The molecule has 4 nitrogen and oxygen atoms in total. The summed E-state index contributed by atoms with van der Waals surface area (Å²) in [5, 5.41) is 0. The van der Waals surface area contributed by atoms with Crippen LogP contribution in [-0.4, -0.2) is 47.7 Å². The lowest BCUT2D eigenvalue weighted by Crippen LogP contribution is -2.48. The van der Waals surface area contributed by atoms with Gasteiger partial charge in [0.1, 0.15) is 0 Å². The summed E-state index contributed by atoms with van der Waals surface area (Å²) in [5.41, 5.74) is 5.14. The maximum absolute atomic E-state index is 13.0. The van der Waals surface area contributed by atoms with Gasteiger partial charge in [-0.05, 0) is 28.8 Å². The van der Waals surface area contributed by atoms with Gasteiger partial charge in [0.05, 0.1) is 0 Å². The Morgan fingerprint density at radius 1 is 0.724 bits per heavy atom. The lowest BCUT2D eigenvalue weighted by atomic mass is 10.0. The lowest BCUT2D eigenvalue weighted by Gasteiger charge is -2.34. The van der Waals surface area contributed by atoms with Crippen molar-refractivity contribution in [1.82, 2.24) is 9.80 Å². The zero-order valence-corrected chi connectivity index (χ0v) is 16.2. The monoisotopic (exact) mass is 382 g/mol. The van der Waals surface area contributed by atoms with Gasteiger partial charge in [-0.1, -0.05) is 60.7 Å². The van der Waals surface area contributed by atoms with Gasteiger partial charge in [-0.3, -0.25) is 14.5 Å². The highest BCUT2D eigenvalue weighted by atomic mass is 16.2. The van der Waals surface area contributed by atoms with Crippen molar-refractivity contribution >= 4 is 11.7 Å². The van der Waals surface area contributed by atoms with Crippen molar-refractivity contribution in [3.05, 3.63) is 95.1 Å². The molecule has 1 saturated heterocycles. The molecule has 1 amide bonds. The summed E-state index contributed by atoms with van der Waals surface area (Å²) >= 11 is 0. The average molecular weight is 382 g/mol. The fourth-order valence-corrected chi connectivity index (χ4v) is 4.29. The number of carbonyl (C=O) groups is 2. The van der Waals surface area contributed by atoms with Gasteiger partial charge >= 0.3 is 0 Å². The van der Waals surface area contributed by atoms with Gasteiger partial charge in [0.15, 0.2) is 5.78 Å². The Hall–Kier alpha value is -3.24. The van der Waals surface area contributed by atoms with Crippen LogP contribution in [0.25, 0.3) is 11.1 Å². The minimum Gasteiger partial charge on any atom is -0.336 e.